The van der Waals surface area contributed by atoms with E-state index in [-0.39, 0.29) is 24.9 Å². The third-order valence-electron chi connectivity index (χ3n) is 1.79. The largest absolute Gasteiger partial charge is 0.481 e. The molecule has 0 unspecified atom stereocenters. The van der Waals surface area contributed by atoms with Gasteiger partial charge < -0.3 is 9.52 Å². The quantitative estimate of drug-likeness (QED) is 0.705. The number of carboxylic acid groups (broad SMARTS) is 1. The lowest BCUT2D eigenvalue weighted by Gasteiger charge is -2.15. The van der Waals surface area contributed by atoms with Gasteiger partial charge >= 0.3 is 22.2 Å². The molecule has 0 aliphatic rings. The van der Waals surface area contributed by atoms with Gasteiger partial charge in [0.1, 0.15) is 0 Å². The molecule has 0 saturated carbocycles. The summed E-state index contributed by atoms with van der Waals surface area (Å²) >= 11 is 0. The molecule has 0 spiro atoms. The molecule has 10 heteroatoms. The molecular formula is C7H12N4O5S. The molecule has 1 rings (SSSR count). The van der Waals surface area contributed by atoms with Crippen LogP contribution >= 0.6 is 0 Å². The van der Waals surface area contributed by atoms with Crippen LogP contribution in [0.15, 0.2) is 4.42 Å². The van der Waals surface area contributed by atoms with E-state index in [1.165, 1.54) is 14.0 Å². The van der Waals surface area contributed by atoms with Gasteiger partial charge in [-0.15, -0.1) is 5.10 Å². The molecule has 1 aromatic rings. The number of anilines is 1. The fourth-order valence-corrected chi connectivity index (χ4v) is 1.69. The number of hydrogen-bond acceptors (Lipinski definition) is 6. The van der Waals surface area contributed by atoms with Crippen molar-refractivity contribution in [3.63, 3.8) is 0 Å². The molecule has 0 aliphatic heterocycles. The van der Waals surface area contributed by atoms with Crippen LogP contribution in [-0.2, 0) is 15.0 Å². The summed E-state index contributed by atoms with van der Waals surface area (Å²) < 4.78 is 30.9. The van der Waals surface area contributed by atoms with Crippen molar-refractivity contribution in [2.24, 2.45) is 0 Å². The average Bonchev–Trinajstić information content (AvgIpc) is 2.59. The summed E-state index contributed by atoms with van der Waals surface area (Å²) in [5, 5.41) is 15.3. The minimum atomic E-state index is -3.87. The lowest BCUT2D eigenvalue weighted by Crippen LogP contribution is -2.34. The highest BCUT2D eigenvalue weighted by atomic mass is 32.2. The molecule has 2 N–H and O–H groups in total. The summed E-state index contributed by atoms with van der Waals surface area (Å²) in [6, 6.07) is -0.260. The van der Waals surface area contributed by atoms with E-state index in [0.717, 1.165) is 4.31 Å². The van der Waals surface area contributed by atoms with Gasteiger partial charge in [-0.2, -0.15) is 12.7 Å². The van der Waals surface area contributed by atoms with Crippen LogP contribution in [0.1, 0.15) is 12.3 Å². The molecule has 0 fully saturated rings. The summed E-state index contributed by atoms with van der Waals surface area (Å²) in [5.74, 6) is -0.864. The van der Waals surface area contributed by atoms with Crippen LogP contribution in [0, 0.1) is 6.92 Å². The van der Waals surface area contributed by atoms with Gasteiger partial charge in [0.15, 0.2) is 0 Å². The van der Waals surface area contributed by atoms with E-state index in [4.69, 9.17) is 9.52 Å². The molecule has 1 aromatic heterocycles. The van der Waals surface area contributed by atoms with E-state index >= 15 is 0 Å². The number of hydrogen-bond donors (Lipinski definition) is 2. The van der Waals surface area contributed by atoms with Crippen LogP contribution in [0.2, 0.25) is 0 Å². The van der Waals surface area contributed by atoms with Gasteiger partial charge in [-0.3, -0.25) is 4.79 Å². The maximum atomic E-state index is 11.6. The molecule has 0 amide bonds. The number of nitrogens with zero attached hydrogens (tertiary/aromatic N) is 3. The number of aryl methyl sites for hydroxylation is 1. The number of rotatable bonds is 6. The maximum Gasteiger partial charge on any atom is 0.330 e. The predicted molar refractivity (Wildman–Crippen MR) is 56.5 cm³/mol. The summed E-state index contributed by atoms with van der Waals surface area (Å²) in [6.45, 7) is 1.36. The molecule has 96 valence electrons. The van der Waals surface area contributed by atoms with Gasteiger partial charge in [-0.05, 0) is 0 Å². The topological polar surface area (TPSA) is 126 Å². The summed E-state index contributed by atoms with van der Waals surface area (Å²) in [7, 11) is -2.63. The van der Waals surface area contributed by atoms with Gasteiger partial charge in [0.2, 0.25) is 5.89 Å². The Hall–Kier alpha value is -1.68. The van der Waals surface area contributed by atoms with E-state index < -0.39 is 16.2 Å². The Morgan fingerprint density at radius 1 is 1.53 bits per heavy atom. The highest BCUT2D eigenvalue weighted by Gasteiger charge is 2.20. The molecule has 0 atom stereocenters. The van der Waals surface area contributed by atoms with Crippen LogP contribution in [-0.4, -0.2) is 47.6 Å². The van der Waals surface area contributed by atoms with Crippen LogP contribution in [0.3, 0.4) is 0 Å². The second-order valence-electron chi connectivity index (χ2n) is 3.20. The van der Waals surface area contributed by atoms with Crippen molar-refractivity contribution in [2.75, 3.05) is 18.3 Å². The summed E-state index contributed by atoms with van der Waals surface area (Å²) in [4.78, 5) is 10.3. The number of aromatic nitrogens is 2. The number of nitrogens with one attached hydrogen (secondary N) is 1. The maximum absolute atomic E-state index is 11.6. The lowest BCUT2D eigenvalue weighted by molar-refractivity contribution is -0.137. The fraction of sp³-hybridized carbons (Fsp3) is 0.571. The molecule has 0 saturated heterocycles. The van der Waals surface area contributed by atoms with Gasteiger partial charge in [0.25, 0.3) is 0 Å². The second kappa shape index (κ2) is 5.10. The first-order valence-electron chi connectivity index (χ1n) is 4.57. The molecule has 0 radical (unpaired) electrons. The number of carbonyl (C=O) groups is 1. The molecule has 0 aliphatic carbocycles. The molecule has 1 heterocycles. The van der Waals surface area contributed by atoms with E-state index in [1.807, 2.05) is 4.72 Å². The highest BCUT2D eigenvalue weighted by Crippen LogP contribution is 2.08. The Labute approximate surface area is 97.6 Å². The first-order chi connectivity index (χ1) is 7.81. The van der Waals surface area contributed by atoms with Gasteiger partial charge in [0.05, 0.1) is 6.42 Å². The number of carboxylic acids is 1. The SMILES string of the molecule is Cc1nnc(NS(=O)(=O)N(C)CCC(=O)O)o1. The first kappa shape index (κ1) is 13.4. The van der Waals surface area contributed by atoms with E-state index in [1.54, 1.807) is 0 Å². The van der Waals surface area contributed by atoms with Gasteiger partial charge in [-0.1, -0.05) is 5.10 Å². The van der Waals surface area contributed by atoms with E-state index in [0.29, 0.717) is 0 Å². The van der Waals surface area contributed by atoms with Crippen molar-refractivity contribution in [1.82, 2.24) is 14.5 Å². The first-order valence-corrected chi connectivity index (χ1v) is 6.01. The zero-order chi connectivity index (χ0) is 13.1. The third-order valence-corrected chi connectivity index (χ3v) is 3.23. The zero-order valence-corrected chi connectivity index (χ0v) is 10.1. The average molecular weight is 264 g/mol. The molecule has 0 aromatic carbocycles. The van der Waals surface area contributed by atoms with E-state index in [2.05, 4.69) is 10.2 Å². The second-order valence-corrected chi connectivity index (χ2v) is 4.98. The standard InChI is InChI=1S/C7H12N4O5S/c1-5-8-9-7(16-5)10-17(14,15)11(2)4-3-6(12)13/h3-4H2,1-2H3,(H,9,10)(H,12,13). The van der Waals surface area contributed by atoms with Crippen LogP contribution in [0.5, 0.6) is 0 Å². The van der Waals surface area contributed by atoms with Crippen molar-refractivity contribution in [3.8, 4) is 0 Å². The van der Waals surface area contributed by atoms with Crippen LogP contribution in [0.25, 0.3) is 0 Å². The van der Waals surface area contributed by atoms with Crippen molar-refractivity contribution in [1.29, 1.82) is 0 Å². The van der Waals surface area contributed by atoms with Crippen molar-refractivity contribution in [2.45, 2.75) is 13.3 Å². The fourth-order valence-electron chi connectivity index (χ4n) is 0.899. The van der Waals surface area contributed by atoms with Crippen molar-refractivity contribution >= 4 is 22.2 Å². The third kappa shape index (κ3) is 4.00. The molecule has 9 nitrogen and oxygen atoms in total. The Kier molecular flexibility index (Phi) is 4.02. The Morgan fingerprint density at radius 2 is 2.18 bits per heavy atom. The normalized spacial score (nSPS) is 11.7. The van der Waals surface area contributed by atoms with Gasteiger partial charge in [-0.25, -0.2) is 4.72 Å². The van der Waals surface area contributed by atoms with E-state index in [9.17, 15) is 13.2 Å². The Balaban J connectivity index is 2.64. The van der Waals surface area contributed by atoms with Crippen molar-refractivity contribution < 1.29 is 22.7 Å². The molecular weight excluding hydrogens is 252 g/mol. The highest BCUT2D eigenvalue weighted by molar-refractivity contribution is 7.90. The van der Waals surface area contributed by atoms with Crippen LogP contribution < -0.4 is 4.72 Å². The minimum absolute atomic E-state index is 0.155. The monoisotopic (exact) mass is 264 g/mol. The minimum Gasteiger partial charge on any atom is -0.481 e. The Morgan fingerprint density at radius 3 is 2.65 bits per heavy atom. The van der Waals surface area contributed by atoms with Crippen LogP contribution in [0.4, 0.5) is 6.01 Å². The molecule has 0 bridgehead atoms. The van der Waals surface area contributed by atoms with Crippen molar-refractivity contribution in [3.05, 3.63) is 5.89 Å². The molecule has 17 heavy (non-hydrogen) atoms. The Bertz CT molecular complexity index is 496. The summed E-state index contributed by atoms with van der Waals surface area (Å²) in [5.41, 5.74) is 0. The predicted octanol–water partition coefficient (Wildman–Crippen LogP) is -0.559. The lowest BCUT2D eigenvalue weighted by atomic mass is 10.4. The smallest absolute Gasteiger partial charge is 0.330 e. The zero-order valence-electron chi connectivity index (χ0n) is 9.24. The number of aliphatic carboxylic acids is 1. The van der Waals surface area contributed by atoms with Gasteiger partial charge in [0, 0.05) is 20.5 Å². The summed E-state index contributed by atoms with van der Waals surface area (Å²) in [6.07, 6.45) is -0.291.